The number of methoxy groups -OCH3 is 1. The van der Waals surface area contributed by atoms with Gasteiger partial charge in [0.1, 0.15) is 0 Å². The Balaban J connectivity index is 2.03. The van der Waals surface area contributed by atoms with Crippen LogP contribution in [0.5, 0.6) is 0 Å². The molecule has 100 valence electrons. The second kappa shape index (κ2) is 5.68. The Bertz CT molecular complexity index is 246. The quantitative estimate of drug-likeness (QED) is 0.815. The zero-order valence-corrected chi connectivity index (χ0v) is 11.5. The summed E-state index contributed by atoms with van der Waals surface area (Å²) in [5.41, 5.74) is 6.45. The lowest BCUT2D eigenvalue weighted by Gasteiger charge is -2.48. The lowest BCUT2D eigenvalue weighted by molar-refractivity contribution is 0.0255. The number of nitrogens with zero attached hydrogens (tertiary/aromatic N) is 1. The Hall–Kier alpha value is -0.120. The van der Waals surface area contributed by atoms with Crippen molar-refractivity contribution in [3.63, 3.8) is 0 Å². The van der Waals surface area contributed by atoms with Gasteiger partial charge in [-0.2, -0.15) is 0 Å². The van der Waals surface area contributed by atoms with Gasteiger partial charge in [0.15, 0.2) is 0 Å². The predicted molar refractivity (Wildman–Crippen MR) is 71.0 cm³/mol. The van der Waals surface area contributed by atoms with Crippen LogP contribution in [-0.2, 0) is 4.74 Å². The minimum atomic E-state index is 0.292. The van der Waals surface area contributed by atoms with Crippen LogP contribution in [0.2, 0.25) is 0 Å². The number of likely N-dealkylation sites (tertiary alicyclic amines) is 1. The van der Waals surface area contributed by atoms with Gasteiger partial charge >= 0.3 is 0 Å². The first-order valence-electron chi connectivity index (χ1n) is 7.17. The van der Waals surface area contributed by atoms with Crippen molar-refractivity contribution in [2.24, 2.45) is 17.6 Å². The molecule has 17 heavy (non-hydrogen) atoms. The largest absolute Gasteiger partial charge is 0.384 e. The highest BCUT2D eigenvalue weighted by Gasteiger charge is 2.44. The molecule has 2 fully saturated rings. The van der Waals surface area contributed by atoms with Crippen molar-refractivity contribution in [1.29, 1.82) is 0 Å². The van der Waals surface area contributed by atoms with E-state index in [0.717, 1.165) is 25.0 Å². The van der Waals surface area contributed by atoms with Crippen molar-refractivity contribution in [2.45, 2.75) is 44.6 Å². The molecule has 0 radical (unpaired) electrons. The number of rotatable bonds is 4. The fourth-order valence-corrected chi connectivity index (χ4v) is 3.91. The van der Waals surface area contributed by atoms with Crippen LogP contribution in [0.4, 0.5) is 0 Å². The molecule has 0 aromatic rings. The lowest BCUT2D eigenvalue weighted by atomic mass is 9.72. The fraction of sp³-hybridized carbons (Fsp3) is 1.00. The van der Waals surface area contributed by atoms with Crippen LogP contribution in [-0.4, -0.2) is 43.8 Å². The number of nitrogens with two attached hydrogens (primary N) is 1. The Morgan fingerprint density at radius 2 is 2.18 bits per heavy atom. The molecule has 2 aliphatic rings. The topological polar surface area (TPSA) is 38.5 Å². The van der Waals surface area contributed by atoms with Crippen molar-refractivity contribution >= 4 is 0 Å². The third-order valence-electron chi connectivity index (χ3n) is 5.09. The summed E-state index contributed by atoms with van der Waals surface area (Å²) in [4.78, 5) is 2.68. The summed E-state index contributed by atoms with van der Waals surface area (Å²) in [5, 5.41) is 0. The van der Waals surface area contributed by atoms with E-state index in [4.69, 9.17) is 10.5 Å². The monoisotopic (exact) mass is 240 g/mol. The maximum absolute atomic E-state index is 6.15. The van der Waals surface area contributed by atoms with E-state index in [1.54, 1.807) is 0 Å². The zero-order valence-electron chi connectivity index (χ0n) is 11.5. The molecule has 1 heterocycles. The normalized spacial score (nSPS) is 39.7. The van der Waals surface area contributed by atoms with Gasteiger partial charge in [-0.05, 0) is 37.6 Å². The Kier molecular flexibility index (Phi) is 4.45. The standard InChI is InChI=1S/C14H28N2O/c1-12-5-3-4-7-14(12,11-15)16-8-6-13(9-16)10-17-2/h12-13H,3-11,15H2,1-2H3. The average molecular weight is 240 g/mol. The van der Waals surface area contributed by atoms with Crippen LogP contribution in [0.1, 0.15) is 39.0 Å². The SMILES string of the molecule is COCC1CCN(C2(CN)CCCCC2C)C1. The van der Waals surface area contributed by atoms with Gasteiger partial charge in [0.25, 0.3) is 0 Å². The van der Waals surface area contributed by atoms with Gasteiger partial charge in [0.05, 0.1) is 6.61 Å². The first-order valence-corrected chi connectivity index (χ1v) is 7.17. The summed E-state index contributed by atoms with van der Waals surface area (Å²) in [7, 11) is 1.81. The summed E-state index contributed by atoms with van der Waals surface area (Å²) in [6.07, 6.45) is 6.67. The third-order valence-corrected chi connectivity index (χ3v) is 5.09. The van der Waals surface area contributed by atoms with Crippen molar-refractivity contribution in [3.8, 4) is 0 Å². The van der Waals surface area contributed by atoms with Gasteiger partial charge in [-0.1, -0.05) is 19.8 Å². The van der Waals surface area contributed by atoms with Crippen LogP contribution in [0.3, 0.4) is 0 Å². The summed E-state index contributed by atoms with van der Waals surface area (Å²) < 4.78 is 5.30. The summed E-state index contributed by atoms with van der Waals surface area (Å²) in [6, 6.07) is 0. The molecule has 0 spiro atoms. The van der Waals surface area contributed by atoms with Crippen LogP contribution in [0, 0.1) is 11.8 Å². The maximum Gasteiger partial charge on any atom is 0.0503 e. The third kappa shape index (κ3) is 2.51. The molecule has 2 N–H and O–H groups in total. The number of hydrogen-bond donors (Lipinski definition) is 1. The second-order valence-electron chi connectivity index (χ2n) is 6.01. The predicted octanol–water partition coefficient (Wildman–Crippen LogP) is 1.86. The molecule has 1 aliphatic heterocycles. The van der Waals surface area contributed by atoms with Crippen LogP contribution in [0.15, 0.2) is 0 Å². The minimum Gasteiger partial charge on any atom is -0.384 e. The van der Waals surface area contributed by atoms with Gasteiger partial charge < -0.3 is 10.5 Å². The Morgan fingerprint density at radius 1 is 1.35 bits per heavy atom. The zero-order chi connectivity index (χ0) is 12.3. The molecule has 3 heteroatoms. The van der Waals surface area contributed by atoms with Crippen LogP contribution in [0.25, 0.3) is 0 Å². The maximum atomic E-state index is 6.15. The van der Waals surface area contributed by atoms with E-state index in [0.29, 0.717) is 5.54 Å². The van der Waals surface area contributed by atoms with Gasteiger partial charge in [-0.25, -0.2) is 0 Å². The lowest BCUT2D eigenvalue weighted by Crippen LogP contribution is -2.58. The highest BCUT2D eigenvalue weighted by Crippen LogP contribution is 2.40. The molecule has 3 nitrogen and oxygen atoms in total. The van der Waals surface area contributed by atoms with E-state index >= 15 is 0 Å². The molecule has 0 bridgehead atoms. The summed E-state index contributed by atoms with van der Waals surface area (Å²) in [6.45, 7) is 6.54. The highest BCUT2D eigenvalue weighted by molar-refractivity contribution is 5.00. The van der Waals surface area contributed by atoms with E-state index in [2.05, 4.69) is 11.8 Å². The molecule has 0 aromatic heterocycles. The molecular weight excluding hydrogens is 212 g/mol. The number of ether oxygens (including phenoxy) is 1. The van der Waals surface area contributed by atoms with Crippen LogP contribution < -0.4 is 5.73 Å². The van der Waals surface area contributed by atoms with Crippen molar-refractivity contribution in [3.05, 3.63) is 0 Å². The molecular formula is C14H28N2O. The van der Waals surface area contributed by atoms with Gasteiger partial charge in [0, 0.05) is 25.7 Å². The van der Waals surface area contributed by atoms with Crippen LogP contribution >= 0.6 is 0 Å². The average Bonchev–Trinajstić information content (AvgIpc) is 2.80. The fourth-order valence-electron chi connectivity index (χ4n) is 3.91. The molecule has 0 aromatic carbocycles. The minimum absolute atomic E-state index is 0.292. The smallest absolute Gasteiger partial charge is 0.0503 e. The highest BCUT2D eigenvalue weighted by atomic mass is 16.5. The first kappa shape index (κ1) is 13.3. The molecule has 2 rings (SSSR count). The van der Waals surface area contributed by atoms with E-state index in [-0.39, 0.29) is 0 Å². The molecule has 3 atom stereocenters. The Labute approximate surface area is 106 Å². The van der Waals surface area contributed by atoms with E-state index in [1.807, 2.05) is 7.11 Å². The summed E-state index contributed by atoms with van der Waals surface area (Å²) >= 11 is 0. The molecule has 1 aliphatic carbocycles. The molecule has 3 unspecified atom stereocenters. The van der Waals surface area contributed by atoms with E-state index in [1.165, 1.54) is 45.2 Å². The van der Waals surface area contributed by atoms with Gasteiger partial charge in [-0.15, -0.1) is 0 Å². The number of hydrogen-bond acceptors (Lipinski definition) is 3. The summed E-state index contributed by atoms with van der Waals surface area (Å²) in [5.74, 6) is 1.47. The van der Waals surface area contributed by atoms with Crippen molar-refractivity contribution < 1.29 is 4.74 Å². The molecule has 1 saturated carbocycles. The van der Waals surface area contributed by atoms with Gasteiger partial charge in [0.2, 0.25) is 0 Å². The van der Waals surface area contributed by atoms with E-state index in [9.17, 15) is 0 Å². The van der Waals surface area contributed by atoms with Crippen molar-refractivity contribution in [2.75, 3.05) is 33.4 Å². The molecule has 0 amide bonds. The van der Waals surface area contributed by atoms with E-state index < -0.39 is 0 Å². The Morgan fingerprint density at radius 3 is 2.82 bits per heavy atom. The second-order valence-corrected chi connectivity index (χ2v) is 6.01. The first-order chi connectivity index (χ1) is 8.23. The van der Waals surface area contributed by atoms with Crippen molar-refractivity contribution in [1.82, 2.24) is 4.90 Å². The molecule has 1 saturated heterocycles. The van der Waals surface area contributed by atoms with Gasteiger partial charge in [-0.3, -0.25) is 4.90 Å².